The lowest BCUT2D eigenvalue weighted by atomic mass is 9.88. The summed E-state index contributed by atoms with van der Waals surface area (Å²) < 4.78 is 0. The lowest BCUT2D eigenvalue weighted by Gasteiger charge is -2.23. The molecule has 0 radical (unpaired) electrons. The van der Waals surface area contributed by atoms with Crippen molar-refractivity contribution in [2.45, 2.75) is 24.9 Å². The Morgan fingerprint density at radius 3 is 2.58 bits per heavy atom. The topological polar surface area (TPSA) is 73.4 Å². The first-order chi connectivity index (χ1) is 16.0. The van der Waals surface area contributed by atoms with Crippen molar-refractivity contribution in [1.82, 2.24) is 4.98 Å². The number of para-hydroxylation sites is 2. The predicted octanol–water partition coefficient (Wildman–Crippen LogP) is 5.26. The van der Waals surface area contributed by atoms with Gasteiger partial charge in [0, 0.05) is 34.8 Å². The van der Waals surface area contributed by atoms with E-state index in [1.165, 1.54) is 10.9 Å². The lowest BCUT2D eigenvalue weighted by Crippen LogP contribution is -2.42. The Balaban J connectivity index is 1.37. The van der Waals surface area contributed by atoms with Crippen molar-refractivity contribution >= 4 is 39.9 Å². The van der Waals surface area contributed by atoms with Crippen molar-refractivity contribution in [3.05, 3.63) is 101 Å². The predicted molar refractivity (Wildman–Crippen MR) is 130 cm³/mol. The number of carbonyl (C=O) groups is 2. The van der Waals surface area contributed by atoms with Crippen molar-refractivity contribution in [2.75, 3.05) is 11.4 Å². The number of rotatable bonds is 7. The van der Waals surface area contributed by atoms with Crippen LogP contribution in [0.5, 0.6) is 0 Å². The second-order valence-electron chi connectivity index (χ2n) is 8.38. The molecule has 1 atom stereocenters. The van der Waals surface area contributed by atoms with Crippen LogP contribution in [0, 0.1) is 0 Å². The first kappa shape index (κ1) is 21.4. The van der Waals surface area contributed by atoms with E-state index < -0.39 is 11.5 Å². The molecule has 3 aromatic carbocycles. The summed E-state index contributed by atoms with van der Waals surface area (Å²) >= 11 is 6.17. The number of nitrogens with zero attached hydrogens (tertiary/aromatic N) is 1. The minimum absolute atomic E-state index is 0.302. The van der Waals surface area contributed by atoms with E-state index in [1.807, 2.05) is 36.5 Å². The zero-order valence-electron chi connectivity index (χ0n) is 17.9. The molecule has 0 saturated carbocycles. The van der Waals surface area contributed by atoms with Gasteiger partial charge in [-0.25, -0.2) is 0 Å². The summed E-state index contributed by atoms with van der Waals surface area (Å²) in [4.78, 5) is 31.3. The minimum Gasteiger partial charge on any atom is -0.375 e. The van der Waals surface area contributed by atoms with Gasteiger partial charge in [0.15, 0.2) is 11.4 Å². The van der Waals surface area contributed by atoms with Crippen LogP contribution in [0.15, 0.2) is 79.0 Å². The number of aryl methyl sites for hydroxylation is 1. The number of carbonyl (C=O) groups excluding carboxylic acids is 2. The maximum atomic E-state index is 13.4. The molecule has 33 heavy (non-hydrogen) atoms. The van der Waals surface area contributed by atoms with Gasteiger partial charge in [0.1, 0.15) is 0 Å². The number of hydrogen-bond donors (Lipinski definition) is 2. The second-order valence-corrected chi connectivity index (χ2v) is 8.78. The number of aliphatic hydroxyl groups is 1. The van der Waals surface area contributed by atoms with E-state index >= 15 is 0 Å². The van der Waals surface area contributed by atoms with E-state index in [4.69, 9.17) is 11.6 Å². The normalized spacial score (nSPS) is 17.5. The van der Waals surface area contributed by atoms with Gasteiger partial charge in [0.25, 0.3) is 5.91 Å². The Kier molecular flexibility index (Phi) is 5.52. The smallest absolute Gasteiger partial charge is 0.264 e. The number of halogens is 1. The summed E-state index contributed by atoms with van der Waals surface area (Å²) in [5.74, 6) is -0.838. The quantitative estimate of drug-likeness (QED) is 0.371. The summed E-state index contributed by atoms with van der Waals surface area (Å²) in [5, 5.41) is 12.9. The summed E-state index contributed by atoms with van der Waals surface area (Å²) in [6, 6.07) is 21.9. The second kappa shape index (κ2) is 8.50. The number of fused-ring (bicyclic) bond motifs is 2. The highest BCUT2D eigenvalue weighted by Gasteiger charge is 2.50. The highest BCUT2D eigenvalue weighted by atomic mass is 35.5. The van der Waals surface area contributed by atoms with E-state index in [9.17, 15) is 14.7 Å². The third kappa shape index (κ3) is 3.73. The maximum absolute atomic E-state index is 13.4. The Labute approximate surface area is 196 Å². The summed E-state index contributed by atoms with van der Waals surface area (Å²) in [7, 11) is 0. The zero-order chi connectivity index (χ0) is 23.0. The van der Waals surface area contributed by atoms with E-state index in [0.717, 1.165) is 18.4 Å². The van der Waals surface area contributed by atoms with Crippen LogP contribution in [-0.4, -0.2) is 28.3 Å². The number of anilines is 1. The van der Waals surface area contributed by atoms with Gasteiger partial charge in [-0.3, -0.25) is 9.59 Å². The van der Waals surface area contributed by atoms with Crippen LogP contribution in [0.2, 0.25) is 5.02 Å². The number of H-pyrrole nitrogens is 1. The number of amides is 1. The van der Waals surface area contributed by atoms with Crippen LogP contribution in [0.1, 0.15) is 34.3 Å². The largest absolute Gasteiger partial charge is 0.375 e. The van der Waals surface area contributed by atoms with E-state index in [2.05, 4.69) is 11.1 Å². The fourth-order valence-electron chi connectivity index (χ4n) is 4.68. The lowest BCUT2D eigenvalue weighted by molar-refractivity contribution is -0.135. The average molecular weight is 459 g/mol. The molecular weight excluding hydrogens is 436 g/mol. The van der Waals surface area contributed by atoms with Gasteiger partial charge in [0.05, 0.1) is 17.1 Å². The number of benzene rings is 3. The molecule has 0 spiro atoms. The van der Waals surface area contributed by atoms with Gasteiger partial charge in [0.2, 0.25) is 0 Å². The van der Waals surface area contributed by atoms with Gasteiger partial charge in [-0.15, -0.1) is 0 Å². The number of Topliss-reactive ketones (excluding diaryl/α,β-unsaturated/α-hetero) is 1. The minimum atomic E-state index is -1.91. The molecule has 5 nitrogen and oxygen atoms in total. The molecule has 1 aromatic heterocycles. The number of hydrogen-bond acceptors (Lipinski definition) is 3. The molecule has 4 aromatic rings. The van der Waals surface area contributed by atoms with Crippen LogP contribution < -0.4 is 4.90 Å². The summed E-state index contributed by atoms with van der Waals surface area (Å²) in [5.41, 5.74) is 1.78. The monoisotopic (exact) mass is 458 g/mol. The standard InChI is InChI=1S/C27H23ClN2O3/c28-22-12-4-1-10-20(22)25(31)16-27(33)21-11-3-6-14-24(21)30(26(27)32)15-7-8-18-17-29-23-13-5-2-9-19(18)23/h1-6,9-14,17,29,33H,7-8,15-16H2/t27-/m1/s1. The van der Waals surface area contributed by atoms with Crippen LogP contribution in [-0.2, 0) is 16.8 Å². The average Bonchev–Trinajstić information content (AvgIpc) is 3.32. The molecule has 2 N–H and O–H groups in total. The van der Waals surface area contributed by atoms with E-state index in [-0.39, 0.29) is 12.2 Å². The van der Waals surface area contributed by atoms with Gasteiger partial charge in [-0.05, 0) is 42.7 Å². The SMILES string of the molecule is O=C(C[C@]1(O)C(=O)N(CCCc2c[nH]c3ccccc23)c2ccccc21)c1ccccc1Cl. The fourth-order valence-corrected chi connectivity index (χ4v) is 4.92. The molecular formula is C27H23ClN2O3. The Morgan fingerprint density at radius 1 is 1.00 bits per heavy atom. The van der Waals surface area contributed by atoms with Gasteiger partial charge in [-0.1, -0.05) is 60.1 Å². The number of aromatic amines is 1. The van der Waals surface area contributed by atoms with Gasteiger partial charge in [-0.2, -0.15) is 0 Å². The molecule has 2 heterocycles. The van der Waals surface area contributed by atoms with Gasteiger partial charge < -0.3 is 15.0 Å². The molecule has 5 rings (SSSR count). The van der Waals surface area contributed by atoms with Crippen LogP contribution in [0.4, 0.5) is 5.69 Å². The number of nitrogens with one attached hydrogen (secondary N) is 1. The van der Waals surface area contributed by atoms with Crippen LogP contribution in [0.25, 0.3) is 10.9 Å². The molecule has 1 amide bonds. The van der Waals surface area contributed by atoms with Crippen molar-refractivity contribution in [3.8, 4) is 0 Å². The Morgan fingerprint density at radius 2 is 1.73 bits per heavy atom. The molecule has 6 heteroatoms. The van der Waals surface area contributed by atoms with Crippen molar-refractivity contribution in [3.63, 3.8) is 0 Å². The first-order valence-electron chi connectivity index (χ1n) is 11.0. The van der Waals surface area contributed by atoms with E-state index in [1.54, 1.807) is 41.3 Å². The zero-order valence-corrected chi connectivity index (χ0v) is 18.7. The van der Waals surface area contributed by atoms with Crippen molar-refractivity contribution in [1.29, 1.82) is 0 Å². The Hall–Kier alpha value is -3.41. The molecule has 0 fully saturated rings. The summed E-state index contributed by atoms with van der Waals surface area (Å²) in [6.45, 7) is 0.442. The number of ketones is 1. The molecule has 0 aliphatic carbocycles. The van der Waals surface area contributed by atoms with Crippen molar-refractivity contribution in [2.24, 2.45) is 0 Å². The molecule has 166 valence electrons. The van der Waals surface area contributed by atoms with Crippen LogP contribution in [0.3, 0.4) is 0 Å². The molecule has 0 saturated heterocycles. The highest BCUT2D eigenvalue weighted by molar-refractivity contribution is 6.34. The number of aromatic nitrogens is 1. The molecule has 1 aliphatic heterocycles. The van der Waals surface area contributed by atoms with Crippen molar-refractivity contribution < 1.29 is 14.7 Å². The fraction of sp³-hybridized carbons (Fsp3) is 0.185. The Bertz CT molecular complexity index is 1360. The van der Waals surface area contributed by atoms with Crippen LogP contribution >= 0.6 is 11.6 Å². The molecule has 0 unspecified atom stereocenters. The third-order valence-electron chi connectivity index (χ3n) is 6.33. The van der Waals surface area contributed by atoms with Gasteiger partial charge >= 0.3 is 0 Å². The molecule has 1 aliphatic rings. The highest BCUT2D eigenvalue weighted by Crippen LogP contribution is 2.43. The first-order valence-corrected chi connectivity index (χ1v) is 11.3. The van der Waals surface area contributed by atoms with E-state index in [0.29, 0.717) is 28.4 Å². The molecule has 0 bridgehead atoms. The third-order valence-corrected chi connectivity index (χ3v) is 6.66. The maximum Gasteiger partial charge on any atom is 0.264 e. The summed E-state index contributed by atoms with van der Waals surface area (Å²) in [6.07, 6.45) is 3.15.